The molecule has 0 saturated carbocycles. The number of carbonyl (C=O) groups excluding carboxylic acids is 2. The minimum Gasteiger partial charge on any atom is -0.460 e. The summed E-state index contributed by atoms with van der Waals surface area (Å²) in [6.45, 7) is 9.18. The van der Waals surface area contributed by atoms with Crippen LogP contribution in [0.15, 0.2) is 30.3 Å². The molecule has 1 aromatic rings. The van der Waals surface area contributed by atoms with Gasteiger partial charge in [-0.25, -0.2) is 0 Å². The first-order chi connectivity index (χ1) is 10.5. The van der Waals surface area contributed by atoms with Crippen LogP contribution in [-0.4, -0.2) is 22.4 Å². The van der Waals surface area contributed by atoms with Crippen molar-refractivity contribution in [3.8, 4) is 0 Å². The number of hydrogen-bond donors (Lipinski definition) is 0. The lowest BCUT2D eigenvalue weighted by Gasteiger charge is -2.27. The van der Waals surface area contributed by atoms with Gasteiger partial charge in [0.15, 0.2) is 0 Å². The normalized spacial score (nSPS) is 13.3. The van der Waals surface area contributed by atoms with Crippen LogP contribution in [0.25, 0.3) is 0 Å². The average Bonchev–Trinajstić information content (AvgIpc) is 2.43. The van der Waals surface area contributed by atoms with Gasteiger partial charge >= 0.3 is 11.9 Å². The van der Waals surface area contributed by atoms with Crippen LogP contribution in [0.1, 0.15) is 46.6 Å². The van der Waals surface area contributed by atoms with Crippen LogP contribution in [0, 0.1) is 5.41 Å². The summed E-state index contributed by atoms with van der Waals surface area (Å²) in [5, 5.41) is 0. The molecule has 128 valence electrons. The van der Waals surface area contributed by atoms with E-state index in [0.29, 0.717) is 6.42 Å². The maximum absolute atomic E-state index is 12.3. The maximum Gasteiger partial charge on any atom is 0.320 e. The lowest BCUT2D eigenvalue weighted by molar-refractivity contribution is -0.158. The second-order valence-corrected chi connectivity index (χ2v) is 8.26. The van der Waals surface area contributed by atoms with Crippen LogP contribution < -0.4 is 0 Å². The van der Waals surface area contributed by atoms with E-state index in [0.717, 1.165) is 5.56 Å². The predicted molar refractivity (Wildman–Crippen MR) is 93.2 cm³/mol. The minimum atomic E-state index is -0.792. The van der Waals surface area contributed by atoms with Crippen LogP contribution in [0.2, 0.25) is 0 Å². The number of rotatable bonds is 6. The molecular formula is C18H25BrO4. The minimum absolute atomic E-state index is 0.225. The van der Waals surface area contributed by atoms with Gasteiger partial charge < -0.3 is 9.47 Å². The summed E-state index contributed by atoms with van der Waals surface area (Å²) in [5.41, 5.74) is -0.417. The van der Waals surface area contributed by atoms with Gasteiger partial charge in [0.05, 0.1) is 5.41 Å². The van der Waals surface area contributed by atoms with Gasteiger partial charge in [0, 0.05) is 0 Å². The molecule has 0 fully saturated rings. The van der Waals surface area contributed by atoms with Crippen molar-refractivity contribution in [2.24, 2.45) is 5.41 Å². The number of hydrogen-bond acceptors (Lipinski definition) is 4. The fraction of sp³-hybridized carbons (Fsp3) is 0.556. The van der Waals surface area contributed by atoms with Crippen molar-refractivity contribution in [2.75, 3.05) is 0 Å². The van der Waals surface area contributed by atoms with Crippen molar-refractivity contribution in [3.05, 3.63) is 35.9 Å². The highest BCUT2D eigenvalue weighted by Crippen LogP contribution is 2.29. The Morgan fingerprint density at radius 2 is 1.65 bits per heavy atom. The molecule has 4 nitrogen and oxygen atoms in total. The van der Waals surface area contributed by atoms with E-state index < -0.39 is 15.8 Å². The molecule has 0 aliphatic heterocycles. The number of halogens is 1. The number of carbonyl (C=O) groups is 2. The Morgan fingerprint density at radius 3 is 2.17 bits per heavy atom. The van der Waals surface area contributed by atoms with Crippen molar-refractivity contribution in [3.63, 3.8) is 0 Å². The lowest BCUT2D eigenvalue weighted by Crippen LogP contribution is -2.35. The third kappa shape index (κ3) is 7.16. The van der Waals surface area contributed by atoms with E-state index in [-0.39, 0.29) is 18.5 Å². The number of benzene rings is 1. The largest absolute Gasteiger partial charge is 0.460 e. The summed E-state index contributed by atoms with van der Waals surface area (Å²) in [6.07, 6.45) is 0.301. The lowest BCUT2D eigenvalue weighted by atomic mass is 9.88. The van der Waals surface area contributed by atoms with Crippen LogP contribution in [0.5, 0.6) is 0 Å². The maximum atomic E-state index is 12.3. The van der Waals surface area contributed by atoms with Crippen molar-refractivity contribution in [1.29, 1.82) is 0 Å². The Bertz CT molecular complexity index is 532. The van der Waals surface area contributed by atoms with Gasteiger partial charge in [-0.05, 0) is 46.6 Å². The van der Waals surface area contributed by atoms with E-state index in [9.17, 15) is 9.59 Å². The zero-order valence-electron chi connectivity index (χ0n) is 14.4. The first-order valence-corrected chi connectivity index (χ1v) is 8.51. The van der Waals surface area contributed by atoms with Crippen molar-refractivity contribution >= 4 is 27.9 Å². The predicted octanol–water partition coefficient (Wildman–Crippen LogP) is 4.25. The smallest absolute Gasteiger partial charge is 0.320 e. The molecule has 0 heterocycles. The van der Waals surface area contributed by atoms with Gasteiger partial charge in [-0.1, -0.05) is 46.3 Å². The number of ether oxygens (including phenoxy) is 2. The van der Waals surface area contributed by atoms with Crippen molar-refractivity contribution in [1.82, 2.24) is 0 Å². The fourth-order valence-electron chi connectivity index (χ4n) is 1.90. The van der Waals surface area contributed by atoms with Crippen molar-refractivity contribution < 1.29 is 19.1 Å². The standard InChI is InChI=1S/C18H25BrO4/c1-17(2,3)23-15(20)14(19)11-18(4,5)16(21)22-12-13-9-7-6-8-10-13/h6-10,14H,11-12H2,1-5H3. The highest BCUT2D eigenvalue weighted by Gasteiger charge is 2.35. The molecule has 0 aromatic heterocycles. The Morgan fingerprint density at radius 1 is 1.09 bits per heavy atom. The first-order valence-electron chi connectivity index (χ1n) is 7.59. The molecule has 0 bridgehead atoms. The zero-order valence-corrected chi connectivity index (χ0v) is 16.0. The van der Waals surface area contributed by atoms with E-state index in [4.69, 9.17) is 9.47 Å². The molecule has 0 amide bonds. The summed E-state index contributed by atoms with van der Waals surface area (Å²) in [4.78, 5) is 23.7. The van der Waals surface area contributed by atoms with Gasteiger partial charge in [0.2, 0.25) is 0 Å². The molecule has 5 heteroatoms. The van der Waals surface area contributed by atoms with E-state index in [1.807, 2.05) is 51.1 Å². The Balaban J connectivity index is 2.56. The quantitative estimate of drug-likeness (QED) is 0.543. The van der Waals surface area contributed by atoms with E-state index >= 15 is 0 Å². The fourth-order valence-corrected chi connectivity index (χ4v) is 2.80. The number of esters is 2. The zero-order chi connectivity index (χ0) is 17.7. The SMILES string of the molecule is CC(C)(C)OC(=O)C(Br)CC(C)(C)C(=O)OCc1ccccc1. The second-order valence-electron chi connectivity index (χ2n) is 7.15. The molecule has 1 aromatic carbocycles. The van der Waals surface area contributed by atoms with Crippen LogP contribution in [0.3, 0.4) is 0 Å². The molecule has 0 aliphatic carbocycles. The first kappa shape index (κ1) is 19.7. The highest BCUT2D eigenvalue weighted by atomic mass is 79.9. The van der Waals surface area contributed by atoms with Crippen LogP contribution >= 0.6 is 15.9 Å². The van der Waals surface area contributed by atoms with Gasteiger partial charge in [-0.15, -0.1) is 0 Å². The van der Waals surface area contributed by atoms with Gasteiger partial charge in [-0.3, -0.25) is 9.59 Å². The molecule has 1 rings (SSSR count). The monoisotopic (exact) mass is 384 g/mol. The topological polar surface area (TPSA) is 52.6 Å². The molecule has 0 aliphatic rings. The average molecular weight is 385 g/mol. The van der Waals surface area contributed by atoms with E-state index in [1.165, 1.54) is 0 Å². The second kappa shape index (κ2) is 7.95. The van der Waals surface area contributed by atoms with Crippen LogP contribution in [-0.2, 0) is 25.7 Å². The Kier molecular flexibility index (Phi) is 6.81. The molecule has 0 radical (unpaired) electrons. The van der Waals surface area contributed by atoms with Gasteiger partial charge in [0.1, 0.15) is 17.0 Å². The summed E-state index contributed by atoms with van der Waals surface area (Å²) < 4.78 is 10.7. The summed E-state index contributed by atoms with van der Waals surface area (Å²) >= 11 is 3.31. The van der Waals surface area contributed by atoms with Gasteiger partial charge in [0.25, 0.3) is 0 Å². The van der Waals surface area contributed by atoms with Crippen LogP contribution in [0.4, 0.5) is 0 Å². The third-order valence-electron chi connectivity index (χ3n) is 3.12. The highest BCUT2D eigenvalue weighted by molar-refractivity contribution is 9.10. The molecule has 0 saturated heterocycles. The third-order valence-corrected chi connectivity index (χ3v) is 3.81. The molecule has 0 spiro atoms. The van der Waals surface area contributed by atoms with E-state index in [2.05, 4.69) is 15.9 Å². The Labute approximate surface area is 146 Å². The molecular weight excluding hydrogens is 360 g/mol. The molecule has 1 unspecified atom stereocenters. The van der Waals surface area contributed by atoms with Gasteiger partial charge in [-0.2, -0.15) is 0 Å². The summed E-state index contributed by atoms with van der Waals surface area (Å²) in [5.74, 6) is -0.712. The molecule has 23 heavy (non-hydrogen) atoms. The summed E-state index contributed by atoms with van der Waals surface area (Å²) in [7, 11) is 0. The van der Waals surface area contributed by atoms with Crippen molar-refractivity contribution in [2.45, 2.75) is 58.1 Å². The molecule has 0 N–H and O–H groups in total. The number of alkyl halides is 1. The van der Waals surface area contributed by atoms with E-state index in [1.54, 1.807) is 13.8 Å². The summed E-state index contributed by atoms with van der Waals surface area (Å²) in [6, 6.07) is 9.49. The Hall–Kier alpha value is -1.36. The molecule has 1 atom stereocenters.